The van der Waals surface area contributed by atoms with Crippen molar-refractivity contribution in [3.05, 3.63) is 27.7 Å². The quantitative estimate of drug-likeness (QED) is 0.749. The van der Waals surface area contributed by atoms with E-state index in [1.165, 1.54) is 0 Å². The van der Waals surface area contributed by atoms with Crippen molar-refractivity contribution in [3.63, 3.8) is 0 Å². The second kappa shape index (κ2) is 8.57. The SMILES string of the molecule is CCOC(C)c1nc(CN2CCN(C(=O)C=C(C)C)CC2)cs1. The van der Waals surface area contributed by atoms with Crippen LogP contribution in [0.1, 0.15) is 44.5 Å². The summed E-state index contributed by atoms with van der Waals surface area (Å²) < 4.78 is 5.59. The van der Waals surface area contributed by atoms with Crippen molar-refractivity contribution < 1.29 is 9.53 Å². The number of allylic oxidation sites excluding steroid dienone is 1. The van der Waals surface area contributed by atoms with Crippen LogP contribution in [0, 0.1) is 0 Å². The highest BCUT2D eigenvalue weighted by Gasteiger charge is 2.21. The summed E-state index contributed by atoms with van der Waals surface area (Å²) in [4.78, 5) is 21.0. The highest BCUT2D eigenvalue weighted by Crippen LogP contribution is 2.22. The summed E-state index contributed by atoms with van der Waals surface area (Å²) in [7, 11) is 0. The number of hydrogen-bond donors (Lipinski definition) is 0. The van der Waals surface area contributed by atoms with E-state index < -0.39 is 0 Å². The molecule has 0 saturated carbocycles. The Bertz CT molecular complexity index is 544. The fourth-order valence-corrected chi connectivity index (χ4v) is 3.41. The molecule has 1 aromatic rings. The third-order valence-corrected chi connectivity index (χ3v) is 4.87. The van der Waals surface area contributed by atoms with Gasteiger partial charge in [0.1, 0.15) is 11.1 Å². The average molecular weight is 337 g/mol. The van der Waals surface area contributed by atoms with Gasteiger partial charge in [0.25, 0.3) is 0 Å². The lowest BCUT2D eigenvalue weighted by Gasteiger charge is -2.33. The monoisotopic (exact) mass is 337 g/mol. The number of nitrogens with zero attached hydrogens (tertiary/aromatic N) is 3. The van der Waals surface area contributed by atoms with E-state index in [9.17, 15) is 4.79 Å². The highest BCUT2D eigenvalue weighted by atomic mass is 32.1. The summed E-state index contributed by atoms with van der Waals surface area (Å²) in [6, 6.07) is 0. The molecule has 1 saturated heterocycles. The number of piperazine rings is 1. The molecule has 1 aliphatic rings. The molecule has 0 spiro atoms. The van der Waals surface area contributed by atoms with Gasteiger partial charge in [-0.1, -0.05) is 5.57 Å². The van der Waals surface area contributed by atoms with E-state index in [2.05, 4.69) is 15.3 Å². The Kier molecular flexibility index (Phi) is 6.74. The van der Waals surface area contributed by atoms with E-state index >= 15 is 0 Å². The minimum atomic E-state index is 0.0669. The molecule has 2 heterocycles. The largest absolute Gasteiger partial charge is 0.372 e. The molecule has 0 aliphatic carbocycles. The van der Waals surface area contributed by atoms with Crippen LogP contribution in [0.2, 0.25) is 0 Å². The first-order valence-corrected chi connectivity index (χ1v) is 9.09. The molecule has 6 heteroatoms. The Hall–Kier alpha value is -1.24. The molecule has 128 valence electrons. The second-order valence-corrected chi connectivity index (χ2v) is 6.99. The summed E-state index contributed by atoms with van der Waals surface area (Å²) in [5, 5.41) is 3.16. The van der Waals surface area contributed by atoms with Gasteiger partial charge in [-0.15, -0.1) is 11.3 Å². The molecule has 1 aromatic heterocycles. The van der Waals surface area contributed by atoms with Crippen LogP contribution in [0.4, 0.5) is 0 Å². The average Bonchev–Trinajstić information content (AvgIpc) is 2.96. The van der Waals surface area contributed by atoms with Crippen LogP contribution in [0.5, 0.6) is 0 Å². The normalized spacial score (nSPS) is 17.1. The van der Waals surface area contributed by atoms with Crippen molar-refractivity contribution in [2.45, 2.75) is 40.3 Å². The number of rotatable bonds is 6. The fraction of sp³-hybridized carbons (Fsp3) is 0.647. The summed E-state index contributed by atoms with van der Waals surface area (Å²) >= 11 is 1.66. The van der Waals surface area contributed by atoms with E-state index in [0.29, 0.717) is 6.61 Å². The zero-order valence-corrected chi connectivity index (χ0v) is 15.4. The van der Waals surface area contributed by atoms with Crippen LogP contribution in [-0.2, 0) is 16.1 Å². The Labute approximate surface area is 142 Å². The number of amides is 1. The van der Waals surface area contributed by atoms with E-state index in [4.69, 9.17) is 4.74 Å². The summed E-state index contributed by atoms with van der Waals surface area (Å²) in [6.07, 6.45) is 1.79. The lowest BCUT2D eigenvalue weighted by Crippen LogP contribution is -2.47. The zero-order chi connectivity index (χ0) is 16.8. The minimum Gasteiger partial charge on any atom is -0.372 e. The molecule has 0 aromatic carbocycles. The van der Waals surface area contributed by atoms with E-state index in [1.54, 1.807) is 17.4 Å². The molecular weight excluding hydrogens is 310 g/mol. The second-order valence-electron chi connectivity index (χ2n) is 6.10. The predicted molar refractivity (Wildman–Crippen MR) is 93.4 cm³/mol. The summed E-state index contributed by atoms with van der Waals surface area (Å²) in [5.74, 6) is 0.131. The summed E-state index contributed by atoms with van der Waals surface area (Å²) in [5.41, 5.74) is 2.15. The first kappa shape index (κ1) is 18.1. The molecule has 2 rings (SSSR count). The standard InChI is InChI=1S/C17H27N3O2S/c1-5-22-14(4)17-18-15(12-23-17)11-19-6-8-20(9-7-19)16(21)10-13(2)3/h10,12,14H,5-9,11H2,1-4H3. The van der Waals surface area contributed by atoms with Crippen LogP contribution in [0.25, 0.3) is 0 Å². The molecule has 1 aliphatic heterocycles. The van der Waals surface area contributed by atoms with E-state index in [0.717, 1.165) is 49.0 Å². The molecule has 1 unspecified atom stereocenters. The Balaban J connectivity index is 1.82. The van der Waals surface area contributed by atoms with Crippen molar-refractivity contribution >= 4 is 17.2 Å². The third kappa shape index (κ3) is 5.41. The number of carbonyl (C=O) groups excluding carboxylic acids is 1. The van der Waals surface area contributed by atoms with Crippen LogP contribution < -0.4 is 0 Å². The lowest BCUT2D eigenvalue weighted by atomic mass is 10.2. The third-order valence-electron chi connectivity index (χ3n) is 3.82. The lowest BCUT2D eigenvalue weighted by molar-refractivity contribution is -0.127. The van der Waals surface area contributed by atoms with Crippen molar-refractivity contribution in [2.75, 3.05) is 32.8 Å². The van der Waals surface area contributed by atoms with Crippen molar-refractivity contribution in [1.82, 2.24) is 14.8 Å². The van der Waals surface area contributed by atoms with Gasteiger partial charge in [-0.2, -0.15) is 0 Å². The molecule has 1 atom stereocenters. The van der Waals surface area contributed by atoms with Crippen molar-refractivity contribution in [2.24, 2.45) is 0 Å². The molecular formula is C17H27N3O2S. The van der Waals surface area contributed by atoms with Gasteiger partial charge < -0.3 is 9.64 Å². The minimum absolute atomic E-state index is 0.0669. The Morgan fingerprint density at radius 1 is 1.39 bits per heavy atom. The van der Waals surface area contributed by atoms with Gasteiger partial charge >= 0.3 is 0 Å². The Morgan fingerprint density at radius 2 is 2.09 bits per heavy atom. The molecule has 5 nitrogen and oxygen atoms in total. The van der Waals surface area contributed by atoms with Gasteiger partial charge in [0.2, 0.25) is 5.91 Å². The smallest absolute Gasteiger partial charge is 0.246 e. The topological polar surface area (TPSA) is 45.7 Å². The van der Waals surface area contributed by atoms with Gasteiger partial charge in [-0.25, -0.2) is 4.98 Å². The van der Waals surface area contributed by atoms with E-state index in [1.807, 2.05) is 32.6 Å². The van der Waals surface area contributed by atoms with Gasteiger partial charge in [-0.05, 0) is 27.7 Å². The first-order chi connectivity index (χ1) is 11.0. The summed E-state index contributed by atoms with van der Waals surface area (Å²) in [6.45, 7) is 12.9. The number of carbonyl (C=O) groups is 1. The number of aromatic nitrogens is 1. The predicted octanol–water partition coefficient (Wildman–Crippen LogP) is 2.85. The Morgan fingerprint density at radius 3 is 2.70 bits per heavy atom. The van der Waals surface area contributed by atoms with Gasteiger partial charge in [0.15, 0.2) is 0 Å². The molecule has 1 fully saturated rings. The van der Waals surface area contributed by atoms with Gasteiger partial charge in [0.05, 0.1) is 5.69 Å². The van der Waals surface area contributed by atoms with Crippen LogP contribution in [0.15, 0.2) is 17.0 Å². The van der Waals surface area contributed by atoms with Crippen molar-refractivity contribution in [3.8, 4) is 0 Å². The maximum Gasteiger partial charge on any atom is 0.246 e. The van der Waals surface area contributed by atoms with E-state index in [-0.39, 0.29) is 12.0 Å². The number of hydrogen-bond acceptors (Lipinski definition) is 5. The molecule has 0 radical (unpaired) electrons. The molecule has 23 heavy (non-hydrogen) atoms. The molecule has 0 bridgehead atoms. The number of ether oxygens (including phenoxy) is 1. The maximum atomic E-state index is 12.0. The molecule has 0 N–H and O–H groups in total. The number of thiazole rings is 1. The van der Waals surface area contributed by atoms with Gasteiger partial charge in [0, 0.05) is 50.8 Å². The van der Waals surface area contributed by atoms with Crippen LogP contribution >= 0.6 is 11.3 Å². The maximum absolute atomic E-state index is 12.0. The first-order valence-electron chi connectivity index (χ1n) is 8.21. The van der Waals surface area contributed by atoms with Crippen molar-refractivity contribution in [1.29, 1.82) is 0 Å². The van der Waals surface area contributed by atoms with Crippen LogP contribution in [0.3, 0.4) is 0 Å². The fourth-order valence-electron chi connectivity index (χ4n) is 2.60. The zero-order valence-electron chi connectivity index (χ0n) is 14.5. The van der Waals surface area contributed by atoms with Gasteiger partial charge in [-0.3, -0.25) is 9.69 Å². The van der Waals surface area contributed by atoms with Crippen LogP contribution in [-0.4, -0.2) is 53.5 Å². The molecule has 1 amide bonds. The highest BCUT2D eigenvalue weighted by molar-refractivity contribution is 7.09.